The van der Waals surface area contributed by atoms with Crippen LogP contribution in [-0.4, -0.2) is 32.6 Å². The van der Waals surface area contributed by atoms with Gasteiger partial charge in [0.2, 0.25) is 0 Å². The summed E-state index contributed by atoms with van der Waals surface area (Å²) in [6.07, 6.45) is 3.17. The van der Waals surface area contributed by atoms with Gasteiger partial charge in [0.15, 0.2) is 0 Å². The summed E-state index contributed by atoms with van der Waals surface area (Å²) in [4.78, 5) is 9.94. The monoisotopic (exact) mass is 159 g/mol. The van der Waals surface area contributed by atoms with Crippen molar-refractivity contribution in [2.24, 2.45) is 0 Å². The van der Waals surface area contributed by atoms with Gasteiger partial charge in [-0.05, 0) is 26.3 Å². The predicted molar refractivity (Wildman–Crippen MR) is 44.6 cm³/mol. The molecule has 1 unspecified atom stereocenters. The van der Waals surface area contributed by atoms with E-state index in [1.54, 1.807) is 7.11 Å². The molecule has 0 aliphatic carbocycles. The fourth-order valence-electron chi connectivity index (χ4n) is 0.828. The van der Waals surface area contributed by atoms with Crippen LogP contribution in [0.15, 0.2) is 0 Å². The van der Waals surface area contributed by atoms with Gasteiger partial charge >= 0.3 is 0 Å². The number of ether oxygens (including phenoxy) is 1. The molecule has 0 aromatic rings. The summed E-state index contributed by atoms with van der Waals surface area (Å²) in [5.74, 6) is 0. The van der Waals surface area contributed by atoms with Gasteiger partial charge < -0.3 is 14.8 Å². The molecule has 3 heteroatoms. The van der Waals surface area contributed by atoms with Crippen LogP contribution in [0.4, 0.5) is 0 Å². The summed E-state index contributed by atoms with van der Waals surface area (Å²) in [5, 5.41) is 3.04. The van der Waals surface area contributed by atoms with Gasteiger partial charge in [0, 0.05) is 13.7 Å². The van der Waals surface area contributed by atoms with Crippen LogP contribution in [0.3, 0.4) is 0 Å². The zero-order valence-corrected chi connectivity index (χ0v) is 7.30. The Balaban J connectivity index is 0.000000218. The van der Waals surface area contributed by atoms with Crippen molar-refractivity contribution in [2.75, 3.05) is 20.3 Å². The Morgan fingerprint density at radius 1 is 1.73 bits per heavy atom. The Morgan fingerprint density at radius 3 is 2.55 bits per heavy atom. The Bertz CT molecular complexity index is 88.1. The molecular weight excluding hydrogens is 142 g/mol. The van der Waals surface area contributed by atoms with Crippen LogP contribution in [0.1, 0.15) is 19.8 Å². The second-order valence-corrected chi connectivity index (χ2v) is 2.42. The largest absolute Gasteiger partial charge is 0.385 e. The molecule has 11 heavy (non-hydrogen) atoms. The maximum Gasteiger partial charge on any atom is 0.136 e. The van der Waals surface area contributed by atoms with E-state index < -0.39 is 0 Å². The maximum atomic E-state index is 9.94. The number of rotatable bonds is 2. The molecule has 3 nitrogen and oxygen atoms in total. The molecule has 1 aliphatic heterocycles. The molecule has 1 N–H and O–H groups in total. The van der Waals surface area contributed by atoms with Crippen LogP contribution < -0.4 is 5.32 Å². The average molecular weight is 159 g/mol. The van der Waals surface area contributed by atoms with Crippen molar-refractivity contribution in [3.8, 4) is 0 Å². The molecule has 1 rings (SSSR count). The molecule has 0 spiro atoms. The highest BCUT2D eigenvalue weighted by Crippen LogP contribution is 2.00. The molecule has 0 radical (unpaired) electrons. The number of carbonyl (C=O) groups excluding carboxylic acids is 1. The predicted octanol–water partition coefficient (Wildman–Crippen LogP) is 0.590. The highest BCUT2D eigenvalue weighted by Gasteiger charge is 2.10. The molecular formula is C8H17NO2. The summed E-state index contributed by atoms with van der Waals surface area (Å²) in [5.41, 5.74) is 0. The van der Waals surface area contributed by atoms with Crippen LogP contribution >= 0.6 is 0 Å². The van der Waals surface area contributed by atoms with E-state index in [1.165, 1.54) is 0 Å². The van der Waals surface area contributed by atoms with Crippen molar-refractivity contribution in [3.05, 3.63) is 0 Å². The molecule has 0 bridgehead atoms. The van der Waals surface area contributed by atoms with E-state index in [9.17, 15) is 4.79 Å². The highest BCUT2D eigenvalue weighted by molar-refractivity contribution is 5.57. The van der Waals surface area contributed by atoms with E-state index >= 15 is 0 Å². The smallest absolute Gasteiger partial charge is 0.136 e. The Morgan fingerprint density at radius 2 is 2.36 bits per heavy atom. The fraction of sp³-hybridized carbons (Fsp3) is 0.875. The van der Waals surface area contributed by atoms with Crippen molar-refractivity contribution < 1.29 is 9.53 Å². The summed E-state index contributed by atoms with van der Waals surface area (Å²) in [6, 6.07) is 0.167. The summed E-state index contributed by atoms with van der Waals surface area (Å²) in [7, 11) is 1.68. The summed E-state index contributed by atoms with van der Waals surface area (Å²) < 4.78 is 4.54. The van der Waals surface area contributed by atoms with Gasteiger partial charge in [-0.2, -0.15) is 0 Å². The molecule has 0 saturated carbocycles. The van der Waals surface area contributed by atoms with E-state index in [2.05, 4.69) is 10.1 Å². The number of carbonyl (C=O) groups is 1. The first kappa shape index (κ1) is 10.6. The molecule has 1 heterocycles. The van der Waals surface area contributed by atoms with Crippen molar-refractivity contribution in [1.82, 2.24) is 5.32 Å². The first-order valence-electron chi connectivity index (χ1n) is 4.02. The van der Waals surface area contributed by atoms with Gasteiger partial charge in [0.1, 0.15) is 6.29 Å². The Kier molecular flexibility index (Phi) is 7.41. The minimum Gasteiger partial charge on any atom is -0.385 e. The van der Waals surface area contributed by atoms with Gasteiger partial charge in [0.25, 0.3) is 0 Å². The fourth-order valence-corrected chi connectivity index (χ4v) is 0.828. The summed E-state index contributed by atoms with van der Waals surface area (Å²) >= 11 is 0. The highest BCUT2D eigenvalue weighted by atomic mass is 16.5. The van der Waals surface area contributed by atoms with Crippen LogP contribution in [-0.2, 0) is 9.53 Å². The minimum atomic E-state index is 0.167. The van der Waals surface area contributed by atoms with Crippen LogP contribution in [0.25, 0.3) is 0 Å². The second-order valence-electron chi connectivity index (χ2n) is 2.42. The first-order chi connectivity index (χ1) is 5.35. The molecule has 66 valence electrons. The lowest BCUT2D eigenvalue weighted by molar-refractivity contribution is -0.109. The lowest BCUT2D eigenvalue weighted by Gasteiger charge is -1.93. The number of nitrogens with one attached hydrogen (secondary N) is 1. The molecule has 0 aromatic carbocycles. The third-order valence-corrected chi connectivity index (χ3v) is 1.55. The summed E-state index contributed by atoms with van der Waals surface area (Å²) in [6.45, 7) is 3.80. The van der Waals surface area contributed by atoms with E-state index in [0.29, 0.717) is 0 Å². The Hall–Kier alpha value is -0.410. The van der Waals surface area contributed by atoms with E-state index in [-0.39, 0.29) is 6.04 Å². The van der Waals surface area contributed by atoms with Crippen molar-refractivity contribution in [3.63, 3.8) is 0 Å². The van der Waals surface area contributed by atoms with E-state index in [0.717, 1.165) is 32.3 Å². The molecule has 1 atom stereocenters. The zero-order chi connectivity index (χ0) is 8.53. The second kappa shape index (κ2) is 7.69. The standard InChI is InChI=1S/C5H9NO.C3H8O/c7-4-5-2-1-3-6-5;1-3-4-2/h4-6H,1-3H2;3H2,1-2H3. The maximum absolute atomic E-state index is 9.94. The zero-order valence-electron chi connectivity index (χ0n) is 7.30. The van der Waals surface area contributed by atoms with Gasteiger partial charge in [-0.3, -0.25) is 0 Å². The molecule has 1 saturated heterocycles. The number of hydrogen-bond acceptors (Lipinski definition) is 3. The molecule has 1 aliphatic rings. The van der Waals surface area contributed by atoms with Gasteiger partial charge in [-0.15, -0.1) is 0 Å². The first-order valence-corrected chi connectivity index (χ1v) is 4.02. The van der Waals surface area contributed by atoms with Crippen molar-refractivity contribution >= 4 is 6.29 Å². The quantitative estimate of drug-likeness (QED) is 0.599. The number of aldehydes is 1. The molecule has 0 amide bonds. The lowest BCUT2D eigenvalue weighted by atomic mass is 10.2. The van der Waals surface area contributed by atoms with Gasteiger partial charge in [0.05, 0.1) is 6.04 Å². The van der Waals surface area contributed by atoms with Gasteiger partial charge in [-0.1, -0.05) is 0 Å². The normalized spacial score (nSPS) is 22.2. The Labute approximate surface area is 68.1 Å². The van der Waals surface area contributed by atoms with E-state index in [4.69, 9.17) is 0 Å². The number of methoxy groups -OCH3 is 1. The third-order valence-electron chi connectivity index (χ3n) is 1.55. The average Bonchev–Trinajstić information content (AvgIpc) is 2.56. The molecule has 1 fully saturated rings. The third kappa shape index (κ3) is 6.01. The van der Waals surface area contributed by atoms with Crippen LogP contribution in [0.2, 0.25) is 0 Å². The topological polar surface area (TPSA) is 38.3 Å². The lowest BCUT2D eigenvalue weighted by Crippen LogP contribution is -2.21. The van der Waals surface area contributed by atoms with Crippen LogP contribution in [0, 0.1) is 0 Å². The SMILES string of the molecule is CCOC.O=CC1CCCN1. The minimum absolute atomic E-state index is 0.167. The van der Waals surface area contributed by atoms with Crippen LogP contribution in [0.5, 0.6) is 0 Å². The van der Waals surface area contributed by atoms with Gasteiger partial charge in [-0.25, -0.2) is 0 Å². The molecule has 0 aromatic heterocycles. The van der Waals surface area contributed by atoms with Crippen molar-refractivity contribution in [2.45, 2.75) is 25.8 Å². The van der Waals surface area contributed by atoms with Crippen molar-refractivity contribution in [1.29, 1.82) is 0 Å². The van der Waals surface area contributed by atoms with E-state index in [1.807, 2.05) is 6.92 Å². The number of hydrogen-bond donors (Lipinski definition) is 1.